The van der Waals surface area contributed by atoms with Crippen LogP contribution >= 0.6 is 16.6 Å². The van der Waals surface area contributed by atoms with E-state index in [1.54, 1.807) is 0 Å². The molecule has 0 saturated carbocycles. The van der Waals surface area contributed by atoms with Crippen molar-refractivity contribution in [3.63, 3.8) is 0 Å². The molecule has 2 unspecified atom stereocenters. The van der Waals surface area contributed by atoms with E-state index in [9.17, 15) is 4.57 Å². The standard InChI is InChI=1S/C3H9NOP2/c1-2-3-4-6-7-5/h4,6H,2-3H2,1H3/p+1. The molecule has 0 heterocycles. The summed E-state index contributed by atoms with van der Waals surface area (Å²) in [5, 5.41) is 3.01. The molecule has 2 nitrogen and oxygen atoms in total. The zero-order chi connectivity index (χ0) is 5.54. The molecule has 0 saturated heterocycles. The number of rotatable bonds is 4. The monoisotopic (exact) mass is 138 g/mol. The largest absolute Gasteiger partial charge is 0.354 e. The SMILES string of the molecule is CCCNP[PH+]=O. The van der Waals surface area contributed by atoms with E-state index in [-0.39, 0.29) is 8.15 Å². The Hall–Kier alpha value is 0.490. The predicted molar refractivity (Wildman–Crippen MR) is 35.6 cm³/mol. The third kappa shape index (κ3) is 6.49. The molecule has 0 aromatic heterocycles. The smallest absolute Gasteiger partial charge is 0.258 e. The maximum atomic E-state index is 9.78. The third-order valence-corrected chi connectivity index (χ3v) is 1.88. The molecule has 7 heavy (non-hydrogen) atoms. The van der Waals surface area contributed by atoms with Gasteiger partial charge in [0.1, 0.15) is 0 Å². The van der Waals surface area contributed by atoms with Gasteiger partial charge in [0.25, 0.3) is 0 Å². The molecule has 0 fully saturated rings. The minimum Gasteiger partial charge on any atom is -0.258 e. The highest BCUT2D eigenvalue weighted by Gasteiger charge is 1.85. The minimum atomic E-state index is -0.166. The van der Waals surface area contributed by atoms with Crippen LogP contribution in [0.4, 0.5) is 0 Å². The van der Waals surface area contributed by atoms with E-state index >= 15 is 0 Å². The molecule has 0 aromatic rings. The predicted octanol–water partition coefficient (Wildman–Crippen LogP) is 1.52. The number of hydrogen-bond donors (Lipinski definition) is 1. The summed E-state index contributed by atoms with van der Waals surface area (Å²) in [6, 6.07) is 0. The van der Waals surface area contributed by atoms with Crippen LogP contribution in [0.2, 0.25) is 0 Å². The van der Waals surface area contributed by atoms with Crippen molar-refractivity contribution in [2.75, 3.05) is 6.54 Å². The van der Waals surface area contributed by atoms with Gasteiger partial charge in [-0.15, -0.1) is 0 Å². The molecular weight excluding hydrogens is 128 g/mol. The lowest BCUT2D eigenvalue weighted by molar-refractivity contribution is 0.605. The Labute approximate surface area is 47.0 Å². The Bertz CT molecular complexity index is 50.2. The summed E-state index contributed by atoms with van der Waals surface area (Å²) in [4.78, 5) is 0. The maximum Gasteiger partial charge on any atom is 0.354 e. The lowest BCUT2D eigenvalue weighted by atomic mass is 10.5. The molecule has 0 spiro atoms. The molecule has 0 aliphatic heterocycles. The molecule has 2 atom stereocenters. The zero-order valence-corrected chi connectivity index (χ0v) is 6.32. The van der Waals surface area contributed by atoms with Crippen LogP contribution in [0.15, 0.2) is 0 Å². The molecular formula is C3H10NOP2+. The van der Waals surface area contributed by atoms with Gasteiger partial charge in [-0.05, 0) is 6.42 Å². The van der Waals surface area contributed by atoms with Crippen LogP contribution in [0, 0.1) is 0 Å². The van der Waals surface area contributed by atoms with Crippen molar-refractivity contribution < 1.29 is 4.57 Å². The fourth-order valence-electron chi connectivity index (χ4n) is 0.224. The first-order valence-electron chi connectivity index (χ1n) is 2.26. The fraction of sp³-hybridized carbons (Fsp3) is 1.00. The van der Waals surface area contributed by atoms with Crippen LogP contribution < -0.4 is 5.09 Å². The first-order chi connectivity index (χ1) is 3.41. The second-order valence-electron chi connectivity index (χ2n) is 1.15. The molecule has 42 valence electrons. The van der Waals surface area contributed by atoms with E-state index < -0.39 is 0 Å². The third-order valence-electron chi connectivity index (χ3n) is 0.514. The molecule has 0 aromatic carbocycles. The highest BCUT2D eigenvalue weighted by molar-refractivity contribution is 8.04. The van der Waals surface area contributed by atoms with Crippen molar-refractivity contribution in [1.82, 2.24) is 5.09 Å². The van der Waals surface area contributed by atoms with E-state index in [4.69, 9.17) is 0 Å². The van der Waals surface area contributed by atoms with Crippen LogP contribution in [0.3, 0.4) is 0 Å². The normalized spacial score (nSPS) is 11.6. The summed E-state index contributed by atoms with van der Waals surface area (Å²) in [5.41, 5.74) is 0. The fourth-order valence-corrected chi connectivity index (χ4v) is 1.26. The van der Waals surface area contributed by atoms with Gasteiger partial charge in [0.2, 0.25) is 8.42 Å². The summed E-state index contributed by atoms with van der Waals surface area (Å²) in [6.07, 6.45) is 1.12. The molecule has 0 aliphatic rings. The molecule has 0 amide bonds. The molecule has 0 radical (unpaired) electrons. The minimum absolute atomic E-state index is 0.166. The Balaban J connectivity index is 2.56. The van der Waals surface area contributed by atoms with Gasteiger partial charge in [0, 0.05) is 6.54 Å². The summed E-state index contributed by atoms with van der Waals surface area (Å²) in [7, 11) is 0.278. The van der Waals surface area contributed by atoms with Gasteiger partial charge in [0.15, 0.2) is 0 Å². The van der Waals surface area contributed by atoms with Crippen LogP contribution in [-0.4, -0.2) is 6.54 Å². The van der Waals surface area contributed by atoms with Crippen LogP contribution in [-0.2, 0) is 4.57 Å². The second-order valence-corrected chi connectivity index (χ2v) is 3.32. The topological polar surface area (TPSA) is 29.1 Å². The van der Waals surface area contributed by atoms with Gasteiger partial charge in [0.05, 0.1) is 0 Å². The second kappa shape index (κ2) is 6.49. The first kappa shape index (κ1) is 7.49. The van der Waals surface area contributed by atoms with Gasteiger partial charge in [-0.1, -0.05) is 11.5 Å². The summed E-state index contributed by atoms with van der Waals surface area (Å²) in [5.74, 6) is 0. The Kier molecular flexibility index (Phi) is 6.94. The quantitative estimate of drug-likeness (QED) is 0.471. The molecule has 1 N–H and O–H groups in total. The Morgan fingerprint density at radius 3 is 3.00 bits per heavy atom. The molecule has 4 heteroatoms. The Morgan fingerprint density at radius 2 is 2.57 bits per heavy atom. The van der Waals surface area contributed by atoms with Crippen molar-refractivity contribution in [2.45, 2.75) is 13.3 Å². The van der Waals surface area contributed by atoms with E-state index in [0.717, 1.165) is 13.0 Å². The van der Waals surface area contributed by atoms with Gasteiger partial charge in [-0.3, -0.25) is 5.09 Å². The lowest BCUT2D eigenvalue weighted by Gasteiger charge is -1.85. The average Bonchev–Trinajstić information content (AvgIpc) is 1.69. The van der Waals surface area contributed by atoms with Crippen LogP contribution in [0.5, 0.6) is 0 Å². The van der Waals surface area contributed by atoms with Crippen molar-refractivity contribution >= 4 is 16.6 Å². The summed E-state index contributed by atoms with van der Waals surface area (Å²) in [6.45, 7) is 3.08. The van der Waals surface area contributed by atoms with Gasteiger partial charge >= 0.3 is 8.15 Å². The molecule has 0 bridgehead atoms. The van der Waals surface area contributed by atoms with Crippen LogP contribution in [0.1, 0.15) is 13.3 Å². The van der Waals surface area contributed by atoms with Gasteiger partial charge in [-0.25, -0.2) is 0 Å². The maximum absolute atomic E-state index is 9.78. The van der Waals surface area contributed by atoms with Crippen LogP contribution in [0.25, 0.3) is 0 Å². The summed E-state index contributed by atoms with van der Waals surface area (Å²) < 4.78 is 9.78. The molecule has 0 rings (SSSR count). The van der Waals surface area contributed by atoms with Gasteiger partial charge in [-0.2, -0.15) is 0 Å². The highest BCUT2D eigenvalue weighted by Crippen LogP contribution is 2.19. The zero-order valence-electron chi connectivity index (χ0n) is 4.32. The van der Waals surface area contributed by atoms with Crippen molar-refractivity contribution in [1.29, 1.82) is 0 Å². The Morgan fingerprint density at radius 1 is 1.86 bits per heavy atom. The van der Waals surface area contributed by atoms with E-state index in [1.165, 1.54) is 0 Å². The lowest BCUT2D eigenvalue weighted by Crippen LogP contribution is -1.98. The first-order valence-corrected chi connectivity index (χ1v) is 5.17. The van der Waals surface area contributed by atoms with E-state index in [2.05, 4.69) is 12.0 Å². The molecule has 0 aliphatic carbocycles. The number of nitrogens with one attached hydrogen (secondary N) is 1. The van der Waals surface area contributed by atoms with E-state index in [0.29, 0.717) is 8.42 Å². The number of hydrogen-bond acceptors (Lipinski definition) is 2. The van der Waals surface area contributed by atoms with Crippen molar-refractivity contribution in [2.24, 2.45) is 0 Å². The summed E-state index contributed by atoms with van der Waals surface area (Å²) >= 11 is 0. The average molecular weight is 138 g/mol. The van der Waals surface area contributed by atoms with E-state index in [1.807, 2.05) is 0 Å². The highest BCUT2D eigenvalue weighted by atomic mass is 32.0. The van der Waals surface area contributed by atoms with Crippen molar-refractivity contribution in [3.05, 3.63) is 0 Å². The van der Waals surface area contributed by atoms with Gasteiger partial charge < -0.3 is 0 Å². The van der Waals surface area contributed by atoms with Crippen molar-refractivity contribution in [3.8, 4) is 0 Å².